The van der Waals surface area contributed by atoms with Crippen LogP contribution >= 0.6 is 0 Å². The summed E-state index contributed by atoms with van der Waals surface area (Å²) < 4.78 is 5.39. The van der Waals surface area contributed by atoms with Crippen molar-refractivity contribution in [1.29, 1.82) is 0 Å². The summed E-state index contributed by atoms with van der Waals surface area (Å²) in [5, 5.41) is 0. The Bertz CT molecular complexity index is 417. The van der Waals surface area contributed by atoms with Gasteiger partial charge in [0.25, 0.3) is 0 Å². The van der Waals surface area contributed by atoms with E-state index in [-0.39, 0.29) is 11.9 Å². The van der Waals surface area contributed by atoms with Crippen molar-refractivity contribution in [1.82, 2.24) is 4.90 Å². The molecule has 1 aromatic rings. The Labute approximate surface area is 114 Å². The lowest BCUT2D eigenvalue weighted by atomic mass is 10.1. The highest BCUT2D eigenvalue weighted by Crippen LogP contribution is 2.18. The number of benzene rings is 1. The van der Waals surface area contributed by atoms with Crippen LogP contribution in [-0.4, -0.2) is 36.5 Å². The minimum atomic E-state index is 0.178. The molecule has 0 aromatic heterocycles. The van der Waals surface area contributed by atoms with Crippen LogP contribution in [0.1, 0.15) is 25.3 Å². The average Bonchev–Trinajstić information content (AvgIpc) is 2.90. The van der Waals surface area contributed by atoms with Gasteiger partial charge in [-0.15, -0.1) is 0 Å². The molecule has 4 nitrogen and oxygen atoms in total. The number of nitrogens with two attached hydrogens (primary N) is 1. The number of carbonyl (C=O) groups excluding carboxylic acids is 1. The molecule has 1 fully saturated rings. The van der Waals surface area contributed by atoms with E-state index in [0.717, 1.165) is 30.7 Å². The van der Waals surface area contributed by atoms with Crippen molar-refractivity contribution in [3.63, 3.8) is 0 Å². The molecule has 1 amide bonds. The minimum Gasteiger partial charge on any atom is -0.494 e. The third-order valence-corrected chi connectivity index (χ3v) is 3.56. The maximum atomic E-state index is 12.2. The highest BCUT2D eigenvalue weighted by molar-refractivity contribution is 5.79. The molecule has 104 valence electrons. The molecule has 2 N–H and O–H groups in total. The quantitative estimate of drug-likeness (QED) is 0.876. The molecule has 4 heteroatoms. The van der Waals surface area contributed by atoms with Gasteiger partial charge in [-0.25, -0.2) is 0 Å². The van der Waals surface area contributed by atoms with Crippen molar-refractivity contribution in [3.05, 3.63) is 29.8 Å². The van der Waals surface area contributed by atoms with Crippen molar-refractivity contribution in [3.8, 4) is 5.75 Å². The number of nitrogens with zero attached hydrogens (tertiary/aromatic N) is 1. The Morgan fingerprint density at radius 3 is 2.79 bits per heavy atom. The van der Waals surface area contributed by atoms with Crippen LogP contribution in [0.5, 0.6) is 5.75 Å². The molecule has 0 saturated carbocycles. The van der Waals surface area contributed by atoms with Gasteiger partial charge in [-0.2, -0.15) is 0 Å². The first-order valence-corrected chi connectivity index (χ1v) is 6.96. The molecular formula is C15H22N2O2. The zero-order valence-electron chi connectivity index (χ0n) is 11.5. The Hall–Kier alpha value is -1.55. The molecular weight excluding hydrogens is 240 g/mol. The lowest BCUT2D eigenvalue weighted by Gasteiger charge is -2.23. The van der Waals surface area contributed by atoms with Crippen molar-refractivity contribution >= 4 is 5.91 Å². The summed E-state index contributed by atoms with van der Waals surface area (Å²) in [6, 6.07) is 7.97. The molecule has 1 aliphatic heterocycles. The molecule has 1 atom stereocenters. The van der Waals surface area contributed by atoms with Crippen molar-refractivity contribution in [2.75, 3.05) is 19.7 Å². The predicted molar refractivity (Wildman–Crippen MR) is 75.1 cm³/mol. The maximum Gasteiger partial charge on any atom is 0.227 e. The number of likely N-dealkylation sites (tertiary alicyclic amines) is 1. The van der Waals surface area contributed by atoms with E-state index < -0.39 is 0 Å². The largest absolute Gasteiger partial charge is 0.494 e. The Balaban J connectivity index is 1.94. The molecule has 0 aliphatic carbocycles. The van der Waals surface area contributed by atoms with E-state index in [0.29, 0.717) is 19.6 Å². The van der Waals surface area contributed by atoms with Crippen LogP contribution in [0, 0.1) is 0 Å². The van der Waals surface area contributed by atoms with E-state index in [1.54, 1.807) is 0 Å². The number of rotatable bonds is 5. The van der Waals surface area contributed by atoms with E-state index in [1.165, 1.54) is 0 Å². The summed E-state index contributed by atoms with van der Waals surface area (Å²) in [4.78, 5) is 14.2. The Morgan fingerprint density at radius 1 is 1.42 bits per heavy atom. The molecule has 0 bridgehead atoms. The second-order valence-corrected chi connectivity index (χ2v) is 4.87. The van der Waals surface area contributed by atoms with Crippen molar-refractivity contribution in [2.45, 2.75) is 32.2 Å². The molecule has 0 spiro atoms. The fourth-order valence-electron chi connectivity index (χ4n) is 2.56. The summed E-state index contributed by atoms with van der Waals surface area (Å²) in [5.41, 5.74) is 6.72. The summed E-state index contributed by atoms with van der Waals surface area (Å²) in [7, 11) is 0. The van der Waals surface area contributed by atoms with Gasteiger partial charge in [0.1, 0.15) is 5.75 Å². The molecule has 19 heavy (non-hydrogen) atoms. The molecule has 2 rings (SSSR count). The lowest BCUT2D eigenvalue weighted by molar-refractivity contribution is -0.131. The van der Waals surface area contributed by atoms with Gasteiger partial charge in [0, 0.05) is 19.1 Å². The summed E-state index contributed by atoms with van der Waals surface area (Å²) in [6.07, 6.45) is 2.55. The van der Waals surface area contributed by atoms with Gasteiger partial charge < -0.3 is 15.4 Å². The van der Waals surface area contributed by atoms with E-state index in [9.17, 15) is 4.79 Å². The molecule has 1 aliphatic rings. The topological polar surface area (TPSA) is 55.6 Å². The van der Waals surface area contributed by atoms with Gasteiger partial charge in [-0.05, 0) is 37.5 Å². The van der Waals surface area contributed by atoms with Gasteiger partial charge in [-0.3, -0.25) is 4.79 Å². The number of carbonyl (C=O) groups is 1. The summed E-state index contributed by atoms with van der Waals surface area (Å²) >= 11 is 0. The maximum absolute atomic E-state index is 12.2. The third-order valence-electron chi connectivity index (χ3n) is 3.56. The number of amides is 1. The highest BCUT2D eigenvalue weighted by Gasteiger charge is 2.27. The van der Waals surface area contributed by atoms with Gasteiger partial charge >= 0.3 is 0 Å². The number of hydrogen-bond donors (Lipinski definition) is 1. The number of ether oxygens (including phenoxy) is 1. The first kappa shape index (κ1) is 13.9. The van der Waals surface area contributed by atoms with Crippen LogP contribution in [0.4, 0.5) is 0 Å². The van der Waals surface area contributed by atoms with Crippen molar-refractivity contribution < 1.29 is 9.53 Å². The lowest BCUT2D eigenvalue weighted by Crippen LogP contribution is -2.40. The van der Waals surface area contributed by atoms with Crippen LogP contribution in [0.3, 0.4) is 0 Å². The zero-order chi connectivity index (χ0) is 13.7. The Morgan fingerprint density at radius 2 is 2.16 bits per heavy atom. The van der Waals surface area contributed by atoms with Crippen LogP contribution in [0.15, 0.2) is 24.3 Å². The second kappa shape index (κ2) is 6.57. The average molecular weight is 262 g/mol. The SMILES string of the molecule is CCOc1ccc(CC(=O)N2CCCC2CN)cc1. The van der Waals surface area contributed by atoms with E-state index in [4.69, 9.17) is 10.5 Å². The van der Waals surface area contributed by atoms with Crippen molar-refractivity contribution in [2.24, 2.45) is 5.73 Å². The number of hydrogen-bond acceptors (Lipinski definition) is 3. The minimum absolute atomic E-state index is 0.178. The monoisotopic (exact) mass is 262 g/mol. The van der Waals surface area contributed by atoms with E-state index >= 15 is 0 Å². The van der Waals surface area contributed by atoms with Gasteiger partial charge in [0.15, 0.2) is 0 Å². The summed E-state index contributed by atoms with van der Waals surface area (Å²) in [5.74, 6) is 1.02. The fraction of sp³-hybridized carbons (Fsp3) is 0.533. The fourth-order valence-corrected chi connectivity index (χ4v) is 2.56. The van der Waals surface area contributed by atoms with Crippen LogP contribution in [-0.2, 0) is 11.2 Å². The van der Waals surface area contributed by atoms with Crippen LogP contribution < -0.4 is 10.5 Å². The van der Waals surface area contributed by atoms with E-state index in [2.05, 4.69) is 0 Å². The van der Waals surface area contributed by atoms with Crippen LogP contribution in [0.25, 0.3) is 0 Å². The van der Waals surface area contributed by atoms with E-state index in [1.807, 2.05) is 36.1 Å². The van der Waals surface area contributed by atoms with Gasteiger partial charge in [0.2, 0.25) is 5.91 Å². The predicted octanol–water partition coefficient (Wildman–Crippen LogP) is 1.58. The van der Waals surface area contributed by atoms with Gasteiger partial charge in [0.05, 0.1) is 13.0 Å². The normalized spacial score (nSPS) is 18.6. The van der Waals surface area contributed by atoms with Crippen LogP contribution in [0.2, 0.25) is 0 Å². The molecule has 1 heterocycles. The van der Waals surface area contributed by atoms with Gasteiger partial charge in [-0.1, -0.05) is 12.1 Å². The molecule has 1 saturated heterocycles. The molecule has 0 radical (unpaired) electrons. The third kappa shape index (κ3) is 3.47. The second-order valence-electron chi connectivity index (χ2n) is 4.87. The smallest absolute Gasteiger partial charge is 0.227 e. The highest BCUT2D eigenvalue weighted by atomic mass is 16.5. The molecule has 1 aromatic carbocycles. The first-order chi connectivity index (χ1) is 9.24. The first-order valence-electron chi connectivity index (χ1n) is 6.96. The standard InChI is InChI=1S/C15H22N2O2/c1-2-19-14-7-5-12(6-8-14)10-15(18)17-9-3-4-13(17)11-16/h5-8,13H,2-4,9-11,16H2,1H3. The zero-order valence-corrected chi connectivity index (χ0v) is 11.5. The summed E-state index contributed by atoms with van der Waals surface area (Å²) in [6.45, 7) is 4.02. The molecule has 1 unspecified atom stereocenters. The Kier molecular flexibility index (Phi) is 4.80.